The first-order valence-electron chi connectivity index (χ1n) is 5.45. The molecule has 0 spiro atoms. The summed E-state index contributed by atoms with van der Waals surface area (Å²) in [7, 11) is 2.11. The quantitative estimate of drug-likeness (QED) is 0.873. The Hall–Kier alpha value is 0.1000. The molecule has 4 heteroatoms. The predicted octanol–water partition coefficient (Wildman–Crippen LogP) is 3.00. The van der Waals surface area contributed by atoms with Gasteiger partial charge in [0.05, 0.1) is 0 Å². The van der Waals surface area contributed by atoms with Crippen molar-refractivity contribution in [1.29, 1.82) is 0 Å². The maximum atomic E-state index is 9.20. The van der Waals surface area contributed by atoms with Crippen LogP contribution in [0.15, 0.2) is 15.9 Å². The van der Waals surface area contributed by atoms with Crippen LogP contribution in [0.5, 0.6) is 0 Å². The summed E-state index contributed by atoms with van der Waals surface area (Å²) in [5, 5.41) is 11.3. The fourth-order valence-corrected chi connectivity index (χ4v) is 3.09. The van der Waals surface area contributed by atoms with Crippen molar-refractivity contribution in [1.82, 2.24) is 4.90 Å². The third-order valence-corrected chi connectivity index (χ3v) is 4.25. The van der Waals surface area contributed by atoms with E-state index >= 15 is 0 Å². The zero-order chi connectivity index (χ0) is 12.2. The molecule has 16 heavy (non-hydrogen) atoms. The average Bonchev–Trinajstić information content (AvgIpc) is 2.61. The fourth-order valence-electron chi connectivity index (χ4n) is 1.65. The highest BCUT2D eigenvalue weighted by molar-refractivity contribution is 9.10. The number of rotatable bonds is 6. The number of hydrogen-bond acceptors (Lipinski definition) is 3. The van der Waals surface area contributed by atoms with E-state index in [0.717, 1.165) is 19.5 Å². The minimum absolute atomic E-state index is 0.00914. The smallest absolute Gasteiger partial charge is 0.0494 e. The summed E-state index contributed by atoms with van der Waals surface area (Å²) in [5.41, 5.74) is -0.00914. The van der Waals surface area contributed by atoms with Crippen LogP contribution in [0, 0.1) is 5.41 Å². The van der Waals surface area contributed by atoms with Gasteiger partial charge < -0.3 is 10.0 Å². The molecule has 92 valence electrons. The SMILES string of the molecule is CN(CCc1cc(Br)cs1)CC(C)(C)CO. The summed E-state index contributed by atoms with van der Waals surface area (Å²) in [6, 6.07) is 2.18. The van der Waals surface area contributed by atoms with Crippen LogP contribution >= 0.6 is 27.3 Å². The summed E-state index contributed by atoms with van der Waals surface area (Å²) >= 11 is 5.26. The van der Waals surface area contributed by atoms with Crippen molar-refractivity contribution in [3.05, 3.63) is 20.8 Å². The van der Waals surface area contributed by atoms with E-state index in [-0.39, 0.29) is 12.0 Å². The van der Waals surface area contributed by atoms with Gasteiger partial charge >= 0.3 is 0 Å². The van der Waals surface area contributed by atoms with Crippen molar-refractivity contribution < 1.29 is 5.11 Å². The minimum atomic E-state index is -0.00914. The molecule has 1 aromatic rings. The minimum Gasteiger partial charge on any atom is -0.396 e. The number of likely N-dealkylation sites (N-methyl/N-ethyl adjacent to an activating group) is 1. The molecule has 0 bridgehead atoms. The third-order valence-electron chi connectivity index (χ3n) is 2.49. The molecule has 1 heterocycles. The van der Waals surface area contributed by atoms with E-state index in [1.165, 1.54) is 9.35 Å². The van der Waals surface area contributed by atoms with Gasteiger partial charge in [-0.15, -0.1) is 11.3 Å². The van der Waals surface area contributed by atoms with Crippen LogP contribution in [-0.4, -0.2) is 36.8 Å². The molecule has 0 fully saturated rings. The van der Waals surface area contributed by atoms with E-state index in [2.05, 4.69) is 53.2 Å². The molecule has 0 atom stereocenters. The molecule has 0 aliphatic heterocycles. The third kappa shape index (κ3) is 4.95. The largest absolute Gasteiger partial charge is 0.396 e. The first kappa shape index (κ1) is 14.2. The van der Waals surface area contributed by atoms with E-state index in [1.54, 1.807) is 11.3 Å². The van der Waals surface area contributed by atoms with Crippen molar-refractivity contribution in [2.45, 2.75) is 20.3 Å². The molecule has 0 aliphatic rings. The molecular formula is C12H20BrNOS. The van der Waals surface area contributed by atoms with E-state index in [1.807, 2.05) is 0 Å². The molecule has 2 nitrogen and oxygen atoms in total. The Balaban J connectivity index is 2.33. The topological polar surface area (TPSA) is 23.5 Å². The summed E-state index contributed by atoms with van der Waals surface area (Å²) in [6.45, 7) is 6.38. The van der Waals surface area contributed by atoms with E-state index < -0.39 is 0 Å². The zero-order valence-corrected chi connectivity index (χ0v) is 12.6. The van der Waals surface area contributed by atoms with Crippen LogP contribution in [0.1, 0.15) is 18.7 Å². The molecule has 0 unspecified atom stereocenters. The van der Waals surface area contributed by atoms with Gasteiger partial charge in [0.15, 0.2) is 0 Å². The second-order valence-electron chi connectivity index (χ2n) is 5.04. The molecular weight excluding hydrogens is 286 g/mol. The Bertz CT molecular complexity index is 325. The number of nitrogens with zero attached hydrogens (tertiary/aromatic N) is 1. The molecule has 0 aliphatic carbocycles. The van der Waals surface area contributed by atoms with Gasteiger partial charge in [-0.25, -0.2) is 0 Å². The molecule has 0 aromatic carbocycles. The first-order valence-corrected chi connectivity index (χ1v) is 7.12. The molecule has 0 radical (unpaired) electrons. The van der Waals surface area contributed by atoms with Gasteiger partial charge in [0, 0.05) is 39.8 Å². The van der Waals surface area contributed by atoms with Gasteiger partial charge in [0.1, 0.15) is 0 Å². The molecule has 0 saturated carbocycles. The van der Waals surface area contributed by atoms with Gasteiger partial charge in [-0.2, -0.15) is 0 Å². The molecule has 1 rings (SSSR count). The van der Waals surface area contributed by atoms with E-state index in [4.69, 9.17) is 0 Å². The number of aliphatic hydroxyl groups is 1. The standard InChI is InChI=1S/C12H20BrNOS/c1-12(2,9-15)8-14(3)5-4-11-6-10(13)7-16-11/h6-7,15H,4-5,8-9H2,1-3H3. The zero-order valence-electron chi connectivity index (χ0n) is 10.2. The summed E-state index contributed by atoms with van der Waals surface area (Å²) in [5.74, 6) is 0. The van der Waals surface area contributed by atoms with Crippen molar-refractivity contribution in [3.8, 4) is 0 Å². The lowest BCUT2D eigenvalue weighted by atomic mass is 9.94. The number of aliphatic hydroxyl groups excluding tert-OH is 1. The molecule has 1 aromatic heterocycles. The van der Waals surface area contributed by atoms with Crippen molar-refractivity contribution in [2.24, 2.45) is 5.41 Å². The Kier molecular flexibility index (Phi) is 5.44. The predicted molar refractivity (Wildman–Crippen MR) is 74.1 cm³/mol. The lowest BCUT2D eigenvalue weighted by Gasteiger charge is -2.28. The lowest BCUT2D eigenvalue weighted by Crippen LogP contribution is -2.34. The summed E-state index contributed by atoms with van der Waals surface area (Å²) in [4.78, 5) is 3.68. The highest BCUT2D eigenvalue weighted by Crippen LogP contribution is 2.21. The highest BCUT2D eigenvalue weighted by atomic mass is 79.9. The molecule has 0 amide bonds. The van der Waals surface area contributed by atoms with Crippen LogP contribution in [-0.2, 0) is 6.42 Å². The Morgan fingerprint density at radius 3 is 2.69 bits per heavy atom. The number of halogens is 1. The lowest BCUT2D eigenvalue weighted by molar-refractivity contribution is 0.116. The van der Waals surface area contributed by atoms with Crippen LogP contribution in [0.2, 0.25) is 0 Å². The number of thiophene rings is 1. The summed E-state index contributed by atoms with van der Waals surface area (Å²) < 4.78 is 1.17. The summed E-state index contributed by atoms with van der Waals surface area (Å²) in [6.07, 6.45) is 1.08. The first-order chi connectivity index (χ1) is 7.43. The van der Waals surface area contributed by atoms with Gasteiger partial charge in [-0.3, -0.25) is 0 Å². The van der Waals surface area contributed by atoms with Gasteiger partial charge in [-0.05, 0) is 35.5 Å². The Labute approximate surface area is 110 Å². The van der Waals surface area contributed by atoms with Crippen molar-refractivity contribution in [2.75, 3.05) is 26.7 Å². The van der Waals surface area contributed by atoms with Gasteiger partial charge in [-0.1, -0.05) is 13.8 Å². The molecule has 1 N–H and O–H groups in total. The van der Waals surface area contributed by atoms with E-state index in [9.17, 15) is 5.11 Å². The normalized spacial score (nSPS) is 12.4. The van der Waals surface area contributed by atoms with Crippen molar-refractivity contribution in [3.63, 3.8) is 0 Å². The van der Waals surface area contributed by atoms with Crippen LogP contribution in [0.4, 0.5) is 0 Å². The van der Waals surface area contributed by atoms with Crippen LogP contribution in [0.25, 0.3) is 0 Å². The van der Waals surface area contributed by atoms with Crippen molar-refractivity contribution >= 4 is 27.3 Å². The Morgan fingerprint density at radius 2 is 2.19 bits per heavy atom. The monoisotopic (exact) mass is 305 g/mol. The second-order valence-corrected chi connectivity index (χ2v) is 6.95. The maximum absolute atomic E-state index is 9.20. The van der Waals surface area contributed by atoms with Gasteiger partial charge in [0.25, 0.3) is 0 Å². The maximum Gasteiger partial charge on any atom is 0.0494 e. The Morgan fingerprint density at radius 1 is 1.50 bits per heavy atom. The van der Waals surface area contributed by atoms with Crippen LogP contribution < -0.4 is 0 Å². The van der Waals surface area contributed by atoms with Crippen LogP contribution in [0.3, 0.4) is 0 Å². The average molecular weight is 306 g/mol. The number of hydrogen-bond donors (Lipinski definition) is 1. The molecule has 0 saturated heterocycles. The highest BCUT2D eigenvalue weighted by Gasteiger charge is 2.18. The second kappa shape index (κ2) is 6.15. The van der Waals surface area contributed by atoms with E-state index in [0.29, 0.717) is 0 Å². The van der Waals surface area contributed by atoms with Gasteiger partial charge in [0.2, 0.25) is 0 Å². The fraction of sp³-hybridized carbons (Fsp3) is 0.667.